The minimum atomic E-state index is -1.51. The lowest BCUT2D eigenvalue weighted by Gasteiger charge is -2.61. The first-order valence-electron chi connectivity index (χ1n) is 10.9. The lowest BCUT2D eigenvalue weighted by atomic mass is 9.62. The second kappa shape index (κ2) is 8.82. The van der Waals surface area contributed by atoms with Gasteiger partial charge in [-0.3, -0.25) is 19.3 Å². The van der Waals surface area contributed by atoms with Crippen molar-refractivity contribution in [3.63, 3.8) is 0 Å². The van der Waals surface area contributed by atoms with Gasteiger partial charge in [0.25, 0.3) is 11.1 Å². The van der Waals surface area contributed by atoms with Gasteiger partial charge in [-0.15, -0.1) is 12.2 Å². The van der Waals surface area contributed by atoms with Crippen LogP contribution in [-0.2, 0) is 16.8 Å². The van der Waals surface area contributed by atoms with E-state index in [1.807, 2.05) is 26.8 Å². The van der Waals surface area contributed by atoms with E-state index in [9.17, 15) is 30.2 Å². The van der Waals surface area contributed by atoms with Crippen LogP contribution in [0.1, 0.15) is 67.0 Å². The zero-order valence-electron chi connectivity index (χ0n) is 19.8. The normalized spacial score (nSPS) is 22.8. The Morgan fingerprint density at radius 3 is 2.18 bits per heavy atom. The van der Waals surface area contributed by atoms with Crippen LogP contribution in [0.4, 0.5) is 0 Å². The summed E-state index contributed by atoms with van der Waals surface area (Å²) < 4.78 is 7.40. The number of pyridine rings is 1. The van der Waals surface area contributed by atoms with Gasteiger partial charge in [0, 0.05) is 37.1 Å². The number of nitriles is 1. The van der Waals surface area contributed by atoms with Crippen LogP contribution in [0.15, 0.2) is 9.59 Å². The first-order valence-corrected chi connectivity index (χ1v) is 10.9. The fourth-order valence-corrected chi connectivity index (χ4v) is 4.70. The van der Waals surface area contributed by atoms with E-state index in [1.54, 1.807) is 6.92 Å². The number of rotatable bonds is 6. The quantitative estimate of drug-likeness (QED) is 0.560. The monoisotopic (exact) mass is 458 g/mol. The molecule has 0 amide bonds. The second-order valence-electron chi connectivity index (χ2n) is 9.59. The lowest BCUT2D eigenvalue weighted by molar-refractivity contribution is -0.536. The molecule has 0 aliphatic heterocycles. The standard InChI is InChI=1S/C23H30N4O6/c1-11-13(10-24)20(30)26(8-7-9-33-6)21(31)14(11)16-18(28)17(19(16)29)15-12(2)25-27(22(15)32)23(3,4)5/h16-19,25,31H,7-9H2,1-6H3/q-2. The first kappa shape index (κ1) is 24.8. The Bertz CT molecular complexity index is 1200. The maximum atomic E-state index is 13.3. The number of ether oxygens (including phenoxy) is 1. The van der Waals surface area contributed by atoms with Gasteiger partial charge in [0.05, 0.1) is 5.54 Å². The smallest absolute Gasteiger partial charge is 0.271 e. The van der Waals surface area contributed by atoms with Crippen LogP contribution in [0.25, 0.3) is 0 Å². The van der Waals surface area contributed by atoms with Gasteiger partial charge in [-0.2, -0.15) is 5.26 Å². The van der Waals surface area contributed by atoms with Gasteiger partial charge in [-0.1, -0.05) is 0 Å². The van der Waals surface area contributed by atoms with E-state index in [0.29, 0.717) is 18.7 Å². The number of hydrogen-bond acceptors (Lipinski definition) is 7. The highest BCUT2D eigenvalue weighted by Gasteiger charge is 2.44. The summed E-state index contributed by atoms with van der Waals surface area (Å²) in [6.07, 6.45) is -2.63. The van der Waals surface area contributed by atoms with Crippen molar-refractivity contribution in [2.45, 2.75) is 77.2 Å². The molecule has 0 saturated heterocycles. The van der Waals surface area contributed by atoms with Gasteiger partial charge >= 0.3 is 0 Å². The summed E-state index contributed by atoms with van der Waals surface area (Å²) in [4.78, 5) is 25.7. The maximum Gasteiger partial charge on any atom is 0.271 e. The SMILES string of the molecule is COCCCn1c(O)c(C2C([O-])C(c3c(C)[nH]n(C(C)(C)C)c3=O)C2[O-])c(C)c(C#N)c1=O. The van der Waals surface area contributed by atoms with Crippen molar-refractivity contribution in [3.05, 3.63) is 48.7 Å². The van der Waals surface area contributed by atoms with Crippen molar-refractivity contribution < 1.29 is 20.1 Å². The molecule has 0 bridgehead atoms. The third-order valence-corrected chi connectivity index (χ3v) is 6.45. The van der Waals surface area contributed by atoms with Gasteiger partial charge in [0.2, 0.25) is 0 Å². The number of aryl methyl sites for hydroxylation is 1. The predicted octanol–water partition coefficient (Wildman–Crippen LogP) is -0.337. The molecule has 10 nitrogen and oxygen atoms in total. The van der Waals surface area contributed by atoms with E-state index in [4.69, 9.17) is 4.74 Å². The van der Waals surface area contributed by atoms with Gasteiger partial charge in [0.1, 0.15) is 11.6 Å². The van der Waals surface area contributed by atoms with E-state index in [0.717, 1.165) is 4.57 Å². The average Bonchev–Trinajstić information content (AvgIpc) is 3.03. The highest BCUT2D eigenvalue weighted by Crippen LogP contribution is 2.48. The van der Waals surface area contributed by atoms with Crippen molar-refractivity contribution in [3.8, 4) is 11.9 Å². The van der Waals surface area contributed by atoms with E-state index < -0.39 is 46.6 Å². The molecule has 1 aliphatic carbocycles. The van der Waals surface area contributed by atoms with Gasteiger partial charge in [-0.25, -0.2) is 4.68 Å². The molecule has 1 aliphatic rings. The van der Waals surface area contributed by atoms with Crippen molar-refractivity contribution in [2.24, 2.45) is 0 Å². The highest BCUT2D eigenvalue weighted by atomic mass is 16.5. The Hall–Kier alpha value is -2.87. The maximum absolute atomic E-state index is 13.3. The van der Waals surface area contributed by atoms with Crippen LogP contribution in [0.2, 0.25) is 0 Å². The average molecular weight is 459 g/mol. The van der Waals surface area contributed by atoms with E-state index in [2.05, 4.69) is 5.10 Å². The van der Waals surface area contributed by atoms with Gasteiger partial charge in [0.15, 0.2) is 5.88 Å². The van der Waals surface area contributed by atoms with Crippen molar-refractivity contribution in [2.75, 3.05) is 13.7 Å². The van der Waals surface area contributed by atoms with Crippen LogP contribution in [0.5, 0.6) is 5.88 Å². The number of aromatic nitrogens is 3. The summed E-state index contributed by atoms with van der Waals surface area (Å²) in [7, 11) is 1.50. The largest absolute Gasteiger partial charge is 0.851 e. The molecule has 180 valence electrons. The summed E-state index contributed by atoms with van der Waals surface area (Å²) in [5.74, 6) is -2.76. The minimum Gasteiger partial charge on any atom is -0.851 e. The third-order valence-electron chi connectivity index (χ3n) is 6.45. The number of hydrogen-bond donors (Lipinski definition) is 2. The molecule has 2 N–H and O–H groups in total. The molecule has 33 heavy (non-hydrogen) atoms. The molecule has 2 unspecified atom stereocenters. The molecule has 0 radical (unpaired) electrons. The Labute approximate surface area is 191 Å². The Morgan fingerprint density at radius 1 is 1.12 bits per heavy atom. The Kier molecular flexibility index (Phi) is 6.62. The highest BCUT2D eigenvalue weighted by molar-refractivity contribution is 5.50. The fraction of sp³-hybridized carbons (Fsp3) is 0.609. The molecule has 1 saturated carbocycles. The minimum absolute atomic E-state index is 0.0177. The molecule has 10 heteroatoms. The zero-order valence-corrected chi connectivity index (χ0v) is 19.8. The molecule has 0 spiro atoms. The molecule has 2 aromatic rings. The first-order chi connectivity index (χ1) is 15.4. The Morgan fingerprint density at radius 2 is 1.70 bits per heavy atom. The van der Waals surface area contributed by atoms with E-state index in [1.165, 1.54) is 18.7 Å². The Balaban J connectivity index is 2.08. The molecule has 2 heterocycles. The zero-order chi connectivity index (χ0) is 24.8. The summed E-state index contributed by atoms with van der Waals surface area (Å²) >= 11 is 0. The topological polar surface area (TPSA) is 159 Å². The van der Waals surface area contributed by atoms with Crippen LogP contribution in [-0.4, -0.2) is 45.4 Å². The van der Waals surface area contributed by atoms with Crippen LogP contribution < -0.4 is 21.3 Å². The lowest BCUT2D eigenvalue weighted by Crippen LogP contribution is -2.65. The van der Waals surface area contributed by atoms with E-state index >= 15 is 0 Å². The second-order valence-corrected chi connectivity index (χ2v) is 9.59. The number of aromatic hydroxyl groups is 1. The fourth-order valence-electron chi connectivity index (χ4n) is 4.70. The van der Waals surface area contributed by atoms with Crippen LogP contribution >= 0.6 is 0 Å². The van der Waals surface area contributed by atoms with Crippen molar-refractivity contribution in [1.82, 2.24) is 14.3 Å². The molecule has 1 fully saturated rings. The number of H-pyrrole nitrogens is 1. The van der Waals surface area contributed by atoms with Gasteiger partial charge in [-0.05, 0) is 58.4 Å². The number of nitrogens with zero attached hydrogens (tertiary/aromatic N) is 3. The number of nitrogens with one attached hydrogen (secondary N) is 1. The summed E-state index contributed by atoms with van der Waals surface area (Å²) in [6, 6.07) is 1.84. The number of aromatic amines is 1. The summed E-state index contributed by atoms with van der Waals surface area (Å²) in [5.41, 5.74) is -1.09. The van der Waals surface area contributed by atoms with Gasteiger partial charge < -0.3 is 20.1 Å². The third kappa shape index (κ3) is 3.90. The van der Waals surface area contributed by atoms with Crippen molar-refractivity contribution >= 4 is 0 Å². The molecule has 2 atom stereocenters. The van der Waals surface area contributed by atoms with Crippen LogP contribution in [0, 0.1) is 25.2 Å². The summed E-state index contributed by atoms with van der Waals surface area (Å²) in [6.45, 7) is 8.99. The van der Waals surface area contributed by atoms with E-state index in [-0.39, 0.29) is 28.8 Å². The molecule has 2 aromatic heterocycles. The summed E-state index contributed by atoms with van der Waals surface area (Å²) in [5, 5.41) is 50.0. The number of methoxy groups -OCH3 is 1. The molecular weight excluding hydrogens is 428 g/mol. The van der Waals surface area contributed by atoms with Crippen LogP contribution in [0.3, 0.4) is 0 Å². The van der Waals surface area contributed by atoms with Crippen molar-refractivity contribution in [1.29, 1.82) is 5.26 Å². The molecule has 0 aromatic carbocycles. The predicted molar refractivity (Wildman–Crippen MR) is 116 cm³/mol. The molecular formula is C23H30N4O6-2. The molecule has 3 rings (SSSR count).